The van der Waals surface area contributed by atoms with Crippen molar-refractivity contribution in [1.29, 1.82) is 0 Å². The second kappa shape index (κ2) is 7.67. The normalized spacial score (nSPS) is 12.7. The van der Waals surface area contributed by atoms with Gasteiger partial charge in [0.2, 0.25) is 0 Å². The van der Waals surface area contributed by atoms with Gasteiger partial charge < -0.3 is 10.4 Å². The van der Waals surface area contributed by atoms with Crippen molar-refractivity contribution in [1.82, 2.24) is 5.32 Å². The summed E-state index contributed by atoms with van der Waals surface area (Å²) >= 11 is 8.55. The highest BCUT2D eigenvalue weighted by Crippen LogP contribution is 2.33. The Labute approximate surface area is 124 Å². The van der Waals surface area contributed by atoms with Crippen LogP contribution in [0.15, 0.2) is 21.1 Å². The maximum Gasteiger partial charge on any atom is 0.143 e. The quantitative estimate of drug-likeness (QED) is 0.725. The molecule has 1 aromatic rings. The van der Waals surface area contributed by atoms with E-state index in [1.807, 2.05) is 23.9 Å². The molecule has 0 bridgehead atoms. The molecule has 2 N–H and O–H groups in total. The molecule has 0 aliphatic heterocycles. The fourth-order valence-corrected chi connectivity index (χ4v) is 3.01. The van der Waals surface area contributed by atoms with Crippen LogP contribution in [0, 0.1) is 0 Å². The molecule has 0 saturated heterocycles. The molecule has 1 aromatic carbocycles. The summed E-state index contributed by atoms with van der Waals surface area (Å²) in [7, 11) is 0. The molecule has 0 fully saturated rings. The smallest absolute Gasteiger partial charge is 0.143 e. The predicted molar refractivity (Wildman–Crippen MR) is 82.8 cm³/mol. The lowest BCUT2D eigenvalue weighted by Crippen LogP contribution is -2.17. The van der Waals surface area contributed by atoms with Gasteiger partial charge in [0.05, 0.1) is 8.95 Å². The molecular weight excluding hydrogens is 366 g/mol. The zero-order chi connectivity index (χ0) is 12.8. The second-order valence-electron chi connectivity index (χ2n) is 3.92. The lowest BCUT2D eigenvalue weighted by molar-refractivity contribution is 0.468. The van der Waals surface area contributed by atoms with Crippen LogP contribution in [-0.4, -0.2) is 23.2 Å². The zero-order valence-electron chi connectivity index (χ0n) is 9.96. The standard InChI is InChI=1S/C12H17Br2NOS/c1-8(17-2)3-4-15-7-9-5-10(13)12(16)11(14)6-9/h5-6,8,15-16H,3-4,7H2,1-2H3. The summed E-state index contributed by atoms with van der Waals surface area (Å²) in [6.07, 6.45) is 3.31. The first kappa shape index (κ1) is 15.3. The molecule has 0 amide bonds. The van der Waals surface area contributed by atoms with Crippen LogP contribution in [0.3, 0.4) is 0 Å². The van der Waals surface area contributed by atoms with E-state index < -0.39 is 0 Å². The maximum absolute atomic E-state index is 9.59. The van der Waals surface area contributed by atoms with Crippen LogP contribution in [-0.2, 0) is 6.54 Å². The first-order valence-electron chi connectivity index (χ1n) is 5.45. The molecule has 1 unspecified atom stereocenters. The van der Waals surface area contributed by atoms with Crippen molar-refractivity contribution in [2.75, 3.05) is 12.8 Å². The topological polar surface area (TPSA) is 32.3 Å². The summed E-state index contributed by atoms with van der Waals surface area (Å²) in [5.74, 6) is 0.254. The van der Waals surface area contributed by atoms with E-state index in [4.69, 9.17) is 0 Å². The SMILES string of the molecule is CSC(C)CCNCc1cc(Br)c(O)c(Br)c1. The largest absolute Gasteiger partial charge is 0.506 e. The number of phenolic OH excluding ortho intramolecular Hbond substituents is 1. The third-order valence-electron chi connectivity index (χ3n) is 2.54. The Morgan fingerprint density at radius 1 is 1.35 bits per heavy atom. The highest BCUT2D eigenvalue weighted by Gasteiger charge is 2.05. The highest BCUT2D eigenvalue weighted by atomic mass is 79.9. The van der Waals surface area contributed by atoms with Crippen molar-refractivity contribution in [3.05, 3.63) is 26.6 Å². The van der Waals surface area contributed by atoms with Gasteiger partial charge in [0, 0.05) is 11.8 Å². The Bertz CT molecular complexity index is 351. The van der Waals surface area contributed by atoms with E-state index in [0.717, 1.165) is 27.6 Å². The summed E-state index contributed by atoms with van der Waals surface area (Å²) < 4.78 is 1.45. The number of phenols is 1. The van der Waals surface area contributed by atoms with Crippen LogP contribution < -0.4 is 5.32 Å². The number of aromatic hydroxyl groups is 1. The first-order chi connectivity index (χ1) is 8.04. The molecular formula is C12H17Br2NOS. The number of halogens is 2. The van der Waals surface area contributed by atoms with E-state index >= 15 is 0 Å². The maximum atomic E-state index is 9.59. The van der Waals surface area contributed by atoms with Gasteiger partial charge in [-0.25, -0.2) is 0 Å². The fourth-order valence-electron chi connectivity index (χ4n) is 1.38. The molecule has 0 spiro atoms. The van der Waals surface area contributed by atoms with Crippen molar-refractivity contribution in [2.24, 2.45) is 0 Å². The Morgan fingerprint density at radius 3 is 2.47 bits per heavy atom. The highest BCUT2D eigenvalue weighted by molar-refractivity contribution is 9.11. The van der Waals surface area contributed by atoms with Crippen molar-refractivity contribution in [3.63, 3.8) is 0 Å². The molecule has 5 heteroatoms. The lowest BCUT2D eigenvalue weighted by atomic mass is 10.2. The van der Waals surface area contributed by atoms with Crippen LogP contribution >= 0.6 is 43.6 Å². The van der Waals surface area contributed by atoms with Gasteiger partial charge in [-0.3, -0.25) is 0 Å². The number of nitrogens with one attached hydrogen (secondary N) is 1. The van der Waals surface area contributed by atoms with Gasteiger partial charge in [-0.15, -0.1) is 0 Å². The summed E-state index contributed by atoms with van der Waals surface area (Å²) in [5, 5.41) is 13.7. The molecule has 2 nitrogen and oxygen atoms in total. The van der Waals surface area contributed by atoms with Gasteiger partial charge in [-0.05, 0) is 68.8 Å². The average molecular weight is 383 g/mol. The molecule has 17 heavy (non-hydrogen) atoms. The Kier molecular flexibility index (Phi) is 6.92. The first-order valence-corrected chi connectivity index (χ1v) is 8.32. The van der Waals surface area contributed by atoms with Crippen molar-refractivity contribution in [3.8, 4) is 5.75 Å². The van der Waals surface area contributed by atoms with Crippen LogP contribution in [0.2, 0.25) is 0 Å². The Morgan fingerprint density at radius 2 is 1.94 bits per heavy atom. The molecule has 0 radical (unpaired) electrons. The van der Waals surface area contributed by atoms with Gasteiger partial charge in [0.1, 0.15) is 5.75 Å². The number of benzene rings is 1. The summed E-state index contributed by atoms with van der Waals surface area (Å²) in [6.45, 7) is 4.07. The minimum absolute atomic E-state index is 0.254. The molecule has 1 rings (SSSR count). The number of rotatable bonds is 6. The van der Waals surface area contributed by atoms with Crippen LogP contribution in [0.1, 0.15) is 18.9 Å². The van der Waals surface area contributed by atoms with E-state index in [2.05, 4.69) is 50.4 Å². The monoisotopic (exact) mass is 381 g/mol. The fraction of sp³-hybridized carbons (Fsp3) is 0.500. The van der Waals surface area contributed by atoms with E-state index in [0.29, 0.717) is 5.25 Å². The summed E-state index contributed by atoms with van der Waals surface area (Å²) in [6, 6.07) is 3.87. The molecule has 1 atom stereocenters. The van der Waals surface area contributed by atoms with Gasteiger partial charge in [0.15, 0.2) is 0 Å². The van der Waals surface area contributed by atoms with Crippen molar-refractivity contribution < 1.29 is 5.11 Å². The Balaban J connectivity index is 2.42. The summed E-state index contributed by atoms with van der Waals surface area (Å²) in [5.41, 5.74) is 1.15. The van der Waals surface area contributed by atoms with E-state index in [9.17, 15) is 5.11 Å². The van der Waals surface area contributed by atoms with Crippen molar-refractivity contribution in [2.45, 2.75) is 25.1 Å². The molecule has 0 aromatic heterocycles. The summed E-state index contributed by atoms with van der Waals surface area (Å²) in [4.78, 5) is 0. The van der Waals surface area contributed by atoms with E-state index in [1.54, 1.807) is 0 Å². The van der Waals surface area contributed by atoms with Crippen LogP contribution in [0.4, 0.5) is 0 Å². The number of hydrogen-bond acceptors (Lipinski definition) is 3. The minimum atomic E-state index is 0.254. The van der Waals surface area contributed by atoms with Crippen LogP contribution in [0.5, 0.6) is 5.75 Å². The van der Waals surface area contributed by atoms with Gasteiger partial charge >= 0.3 is 0 Å². The molecule has 96 valence electrons. The third kappa shape index (κ3) is 5.20. The minimum Gasteiger partial charge on any atom is -0.506 e. The lowest BCUT2D eigenvalue weighted by Gasteiger charge is -2.10. The van der Waals surface area contributed by atoms with Crippen LogP contribution in [0.25, 0.3) is 0 Å². The number of hydrogen-bond donors (Lipinski definition) is 2. The van der Waals surface area contributed by atoms with E-state index in [-0.39, 0.29) is 5.75 Å². The average Bonchev–Trinajstić information content (AvgIpc) is 2.31. The third-order valence-corrected chi connectivity index (χ3v) is 4.79. The second-order valence-corrected chi connectivity index (χ2v) is 6.90. The van der Waals surface area contributed by atoms with Gasteiger partial charge in [0.25, 0.3) is 0 Å². The molecule has 0 aliphatic carbocycles. The number of thioether (sulfide) groups is 1. The zero-order valence-corrected chi connectivity index (χ0v) is 14.0. The van der Waals surface area contributed by atoms with Crippen molar-refractivity contribution >= 4 is 43.6 Å². The predicted octanol–water partition coefficient (Wildman–Crippen LogP) is 4.15. The van der Waals surface area contributed by atoms with E-state index in [1.165, 1.54) is 6.42 Å². The van der Waals surface area contributed by atoms with Gasteiger partial charge in [-0.2, -0.15) is 11.8 Å². The molecule has 0 heterocycles. The molecule has 0 aliphatic rings. The van der Waals surface area contributed by atoms with Gasteiger partial charge in [-0.1, -0.05) is 6.92 Å². The molecule has 0 saturated carbocycles. The Hall–Kier alpha value is 0.290.